The number of benzene rings is 3. The summed E-state index contributed by atoms with van der Waals surface area (Å²) in [6.07, 6.45) is 2.94. The smallest absolute Gasteiger partial charge is 0.407 e. The molecule has 0 spiro atoms. The highest BCUT2D eigenvalue weighted by Crippen LogP contribution is 2.45. The van der Waals surface area contributed by atoms with Gasteiger partial charge in [-0.15, -0.1) is 0 Å². The minimum Gasteiger partial charge on any atom is -0.488 e. The van der Waals surface area contributed by atoms with E-state index < -0.39 is 36.5 Å². The van der Waals surface area contributed by atoms with Crippen LogP contribution in [0.25, 0.3) is 33.2 Å². The lowest BCUT2D eigenvalue weighted by molar-refractivity contribution is -0.139. The topological polar surface area (TPSA) is 186 Å². The number of imidazole rings is 1. The summed E-state index contributed by atoms with van der Waals surface area (Å²) >= 11 is 0. The number of fused-ring (bicyclic) bond motifs is 6. The number of aliphatic imine (C=N–C) groups is 1. The SMILES string of the molecule is COC(=O)N[C@H](C(=O)N1[C@@H](C)CC[C@H]1C1=Nc2ccc3cc4c(cc3c2C1)OCc1cc(-c2cnc([C@@H]3CC[C@H](C)N3C(=O)[C@@H](NC(=O)OC)[C@@H](C)OC)[nH]2)ccc1-4)[C@@H](C)OC. The van der Waals surface area contributed by atoms with Gasteiger partial charge in [0, 0.05) is 44.0 Å². The number of carbonyl (C=O) groups is 4. The molecule has 328 valence electrons. The summed E-state index contributed by atoms with van der Waals surface area (Å²) in [7, 11) is 5.55. The number of hydrogen-bond donors (Lipinski definition) is 3. The van der Waals surface area contributed by atoms with Crippen molar-refractivity contribution in [1.82, 2.24) is 30.4 Å². The van der Waals surface area contributed by atoms with Gasteiger partial charge in [-0.05, 0) is 111 Å². The molecule has 2 saturated heterocycles. The number of aromatic amines is 1. The molecule has 62 heavy (non-hydrogen) atoms. The van der Waals surface area contributed by atoms with E-state index in [1.165, 1.54) is 28.4 Å². The second-order valence-corrected chi connectivity index (χ2v) is 16.7. The summed E-state index contributed by atoms with van der Waals surface area (Å²) in [5, 5.41) is 7.46. The first kappa shape index (κ1) is 42.7. The van der Waals surface area contributed by atoms with Crippen molar-refractivity contribution in [3.05, 3.63) is 65.6 Å². The maximum Gasteiger partial charge on any atom is 0.407 e. The second kappa shape index (κ2) is 17.4. The number of carbonyl (C=O) groups excluding carboxylic acids is 4. The number of likely N-dealkylation sites (tertiary alicyclic amines) is 2. The van der Waals surface area contributed by atoms with Gasteiger partial charge in [0.15, 0.2) is 0 Å². The Labute approximate surface area is 360 Å². The van der Waals surface area contributed by atoms with Crippen molar-refractivity contribution in [2.45, 2.75) is 115 Å². The first-order valence-electron chi connectivity index (χ1n) is 21.2. The summed E-state index contributed by atoms with van der Waals surface area (Å²) < 4.78 is 27.0. The summed E-state index contributed by atoms with van der Waals surface area (Å²) in [5.74, 6) is 0.988. The van der Waals surface area contributed by atoms with E-state index in [-0.39, 0.29) is 36.0 Å². The third-order valence-corrected chi connectivity index (χ3v) is 13.2. The van der Waals surface area contributed by atoms with E-state index >= 15 is 0 Å². The fraction of sp³-hybridized carbons (Fsp3) is 0.478. The van der Waals surface area contributed by atoms with Gasteiger partial charge in [-0.25, -0.2) is 14.6 Å². The molecular formula is C46H55N7O9. The fourth-order valence-electron chi connectivity index (χ4n) is 9.57. The highest BCUT2D eigenvalue weighted by molar-refractivity contribution is 6.06. The first-order valence-corrected chi connectivity index (χ1v) is 21.2. The molecule has 4 aromatic rings. The van der Waals surface area contributed by atoms with Crippen molar-refractivity contribution in [2.24, 2.45) is 4.99 Å². The van der Waals surface area contributed by atoms with Gasteiger partial charge in [0.05, 0.1) is 56.1 Å². The molecule has 3 N–H and O–H groups in total. The highest BCUT2D eigenvalue weighted by atomic mass is 16.5. The molecule has 4 aliphatic rings. The van der Waals surface area contributed by atoms with Crippen LogP contribution in [-0.4, -0.2) is 120 Å². The second-order valence-electron chi connectivity index (χ2n) is 16.7. The zero-order chi connectivity index (χ0) is 44.0. The summed E-state index contributed by atoms with van der Waals surface area (Å²) in [4.78, 5) is 69.4. The number of aromatic nitrogens is 2. The molecule has 8 atom stereocenters. The average Bonchev–Trinajstić information content (AvgIpc) is 4.11. The van der Waals surface area contributed by atoms with Gasteiger partial charge in [0.25, 0.3) is 0 Å². The lowest BCUT2D eigenvalue weighted by atomic mass is 9.91. The van der Waals surface area contributed by atoms with Crippen LogP contribution in [0.1, 0.15) is 76.4 Å². The van der Waals surface area contributed by atoms with Gasteiger partial charge < -0.3 is 49.1 Å². The molecule has 4 amide bonds. The average molecular weight is 850 g/mol. The molecule has 0 unspecified atom stereocenters. The van der Waals surface area contributed by atoms with Crippen LogP contribution in [0.15, 0.2) is 53.7 Å². The van der Waals surface area contributed by atoms with Crippen molar-refractivity contribution in [2.75, 3.05) is 28.4 Å². The molecule has 8 rings (SSSR count). The maximum atomic E-state index is 14.1. The molecule has 4 aliphatic heterocycles. The number of nitrogens with one attached hydrogen (secondary N) is 3. The van der Waals surface area contributed by atoms with Crippen LogP contribution in [0.3, 0.4) is 0 Å². The van der Waals surface area contributed by atoms with Gasteiger partial charge >= 0.3 is 12.2 Å². The predicted octanol–water partition coefficient (Wildman–Crippen LogP) is 6.37. The number of hydrogen-bond acceptors (Lipinski definition) is 11. The van der Waals surface area contributed by atoms with Gasteiger partial charge in [0.1, 0.15) is 30.3 Å². The Hall–Kier alpha value is -6.00. The number of alkyl carbamates (subject to hydrolysis) is 2. The molecule has 1 aromatic heterocycles. The van der Waals surface area contributed by atoms with E-state index in [2.05, 4.69) is 52.0 Å². The van der Waals surface area contributed by atoms with E-state index in [0.717, 1.165) is 80.7 Å². The molecule has 0 bridgehead atoms. The Balaban J connectivity index is 1.01. The van der Waals surface area contributed by atoms with E-state index in [9.17, 15) is 19.2 Å². The van der Waals surface area contributed by atoms with Crippen molar-refractivity contribution < 1.29 is 42.9 Å². The third-order valence-electron chi connectivity index (χ3n) is 13.2. The van der Waals surface area contributed by atoms with Gasteiger partial charge in [-0.1, -0.05) is 18.2 Å². The number of H-pyrrole nitrogens is 1. The van der Waals surface area contributed by atoms with Crippen LogP contribution >= 0.6 is 0 Å². The monoisotopic (exact) mass is 849 g/mol. The van der Waals surface area contributed by atoms with Crippen LogP contribution < -0.4 is 15.4 Å². The van der Waals surface area contributed by atoms with Crippen molar-refractivity contribution in [3.8, 4) is 28.1 Å². The van der Waals surface area contributed by atoms with Crippen LogP contribution in [0, 0.1) is 0 Å². The minimum atomic E-state index is -0.927. The van der Waals surface area contributed by atoms with Crippen molar-refractivity contribution in [1.29, 1.82) is 0 Å². The predicted molar refractivity (Wildman–Crippen MR) is 231 cm³/mol. The molecule has 0 saturated carbocycles. The summed E-state index contributed by atoms with van der Waals surface area (Å²) in [6.45, 7) is 7.91. The minimum absolute atomic E-state index is 0.0448. The molecule has 16 nitrogen and oxygen atoms in total. The third kappa shape index (κ3) is 7.74. The fourth-order valence-corrected chi connectivity index (χ4v) is 9.57. The van der Waals surface area contributed by atoms with E-state index in [1.807, 2.05) is 24.8 Å². The summed E-state index contributed by atoms with van der Waals surface area (Å²) in [6, 6.07) is 12.3. The highest BCUT2D eigenvalue weighted by Gasteiger charge is 2.44. The van der Waals surface area contributed by atoms with E-state index in [0.29, 0.717) is 25.3 Å². The molecule has 3 aromatic carbocycles. The van der Waals surface area contributed by atoms with Crippen molar-refractivity contribution >= 4 is 46.2 Å². The van der Waals surface area contributed by atoms with Gasteiger partial charge in [-0.3, -0.25) is 14.6 Å². The Morgan fingerprint density at radius 3 is 2.05 bits per heavy atom. The Morgan fingerprint density at radius 2 is 1.42 bits per heavy atom. The maximum absolute atomic E-state index is 14.1. The van der Waals surface area contributed by atoms with Gasteiger partial charge in [0.2, 0.25) is 11.8 Å². The molecule has 0 radical (unpaired) electrons. The normalized spacial score (nSPS) is 22.1. The molecule has 16 heteroatoms. The van der Waals surface area contributed by atoms with Crippen LogP contribution in [0.5, 0.6) is 5.75 Å². The zero-order valence-corrected chi connectivity index (χ0v) is 36.4. The quantitative estimate of drug-likeness (QED) is 0.153. The Morgan fingerprint density at radius 1 is 0.790 bits per heavy atom. The first-order chi connectivity index (χ1) is 29.8. The van der Waals surface area contributed by atoms with Crippen LogP contribution in [-0.2, 0) is 41.6 Å². The lowest BCUT2D eigenvalue weighted by Gasteiger charge is -2.34. The summed E-state index contributed by atoms with van der Waals surface area (Å²) in [5.41, 5.74) is 7.79. The van der Waals surface area contributed by atoms with Crippen molar-refractivity contribution in [3.63, 3.8) is 0 Å². The number of ether oxygens (including phenoxy) is 5. The number of nitrogens with zero attached hydrogens (tertiary/aromatic N) is 4. The molecule has 5 heterocycles. The number of methoxy groups -OCH3 is 4. The molecule has 2 fully saturated rings. The lowest BCUT2D eigenvalue weighted by Crippen LogP contribution is -2.57. The largest absolute Gasteiger partial charge is 0.488 e. The number of amides is 4. The Bertz CT molecular complexity index is 2430. The van der Waals surface area contributed by atoms with E-state index in [1.54, 1.807) is 24.9 Å². The van der Waals surface area contributed by atoms with Crippen LogP contribution in [0.2, 0.25) is 0 Å². The van der Waals surface area contributed by atoms with E-state index in [4.69, 9.17) is 33.7 Å². The zero-order valence-electron chi connectivity index (χ0n) is 36.4. The van der Waals surface area contributed by atoms with Gasteiger partial charge in [-0.2, -0.15) is 0 Å². The standard InChI is InChI=1S/C46H55N7O9/c1-23-9-15-37(52(23)43(54)40(25(3)58-5)50-45(56)60-7)35-19-32-31-20-39-33(18-27(31)12-14-34(32)48-35)30-13-11-28(17-29(30)22-62-39)36-21-47-42(49-36)38-16-10-24(2)53(38)44(55)41(26(4)59-6)51-46(57)61-8/h11-14,17-18,20-21,23-26,37-38,40-41H,9-10,15-16,19,22H2,1-8H3,(H,47,49)(H,50,56)(H,51,57)/t23-,24-,25+,26+,37-,38-,40-,41-/m0/s1. The number of rotatable bonds is 11. The Kier molecular flexibility index (Phi) is 12.0. The molecule has 0 aliphatic carbocycles. The molecular weight excluding hydrogens is 795 g/mol. The van der Waals surface area contributed by atoms with Crippen LogP contribution in [0.4, 0.5) is 15.3 Å².